The monoisotopic (exact) mass is 295 g/mol. The first-order valence-corrected chi connectivity index (χ1v) is 7.43. The molecule has 21 heavy (non-hydrogen) atoms. The van der Waals surface area contributed by atoms with Gasteiger partial charge >= 0.3 is 0 Å². The van der Waals surface area contributed by atoms with Gasteiger partial charge in [0.25, 0.3) is 0 Å². The summed E-state index contributed by atoms with van der Waals surface area (Å²) < 4.78 is 0. The van der Waals surface area contributed by atoms with E-state index in [0.29, 0.717) is 11.3 Å². The standard InChI is InChI=1S/C17H13NO2S/c19-15-9-5-4-8-13(17(15)20)14-11-21-16(18-14)10-12-6-2-1-3-7-12/h1-9,11H,10H2,(H,19,20). The summed E-state index contributed by atoms with van der Waals surface area (Å²) in [6, 6.07) is 16.5. The Kier molecular flexibility index (Phi) is 3.79. The third kappa shape index (κ3) is 3.01. The molecular formula is C17H13NO2S. The van der Waals surface area contributed by atoms with Gasteiger partial charge in [0.15, 0.2) is 5.75 Å². The number of rotatable bonds is 3. The summed E-state index contributed by atoms with van der Waals surface area (Å²) in [5, 5.41) is 12.8. The van der Waals surface area contributed by atoms with Gasteiger partial charge < -0.3 is 5.11 Å². The number of aromatic nitrogens is 1. The number of benzene rings is 1. The fourth-order valence-electron chi connectivity index (χ4n) is 2.08. The summed E-state index contributed by atoms with van der Waals surface area (Å²) in [6.45, 7) is 0. The van der Waals surface area contributed by atoms with Gasteiger partial charge in [-0.2, -0.15) is 0 Å². The minimum Gasteiger partial charge on any atom is -0.504 e. The Hall–Kier alpha value is -2.46. The molecule has 0 radical (unpaired) electrons. The van der Waals surface area contributed by atoms with Gasteiger partial charge in [0, 0.05) is 17.4 Å². The van der Waals surface area contributed by atoms with E-state index in [1.165, 1.54) is 23.0 Å². The van der Waals surface area contributed by atoms with Crippen molar-refractivity contribution in [2.24, 2.45) is 0 Å². The van der Waals surface area contributed by atoms with Gasteiger partial charge in [-0.3, -0.25) is 4.79 Å². The van der Waals surface area contributed by atoms with Crippen molar-refractivity contribution in [3.8, 4) is 17.0 Å². The maximum absolute atomic E-state index is 11.6. The smallest absolute Gasteiger partial charge is 0.220 e. The van der Waals surface area contributed by atoms with Crippen molar-refractivity contribution in [2.45, 2.75) is 6.42 Å². The molecule has 0 saturated carbocycles. The zero-order valence-corrected chi connectivity index (χ0v) is 12.0. The molecule has 1 heterocycles. The third-order valence-corrected chi connectivity index (χ3v) is 3.98. The lowest BCUT2D eigenvalue weighted by molar-refractivity contribution is 0.473. The second-order valence-corrected chi connectivity index (χ2v) is 5.58. The van der Waals surface area contributed by atoms with Crippen LogP contribution in [0.25, 0.3) is 11.3 Å². The van der Waals surface area contributed by atoms with E-state index in [1.807, 2.05) is 23.6 Å². The lowest BCUT2D eigenvalue weighted by Gasteiger charge is -1.97. The van der Waals surface area contributed by atoms with Gasteiger partial charge in [-0.05, 0) is 17.7 Å². The van der Waals surface area contributed by atoms with Crippen LogP contribution >= 0.6 is 11.3 Å². The first kappa shape index (κ1) is 13.5. The van der Waals surface area contributed by atoms with Gasteiger partial charge in [0.05, 0.1) is 10.7 Å². The van der Waals surface area contributed by atoms with E-state index in [0.717, 1.165) is 11.4 Å². The Bertz CT molecular complexity index is 812. The summed E-state index contributed by atoms with van der Waals surface area (Å²) >= 11 is 1.53. The number of aromatic hydroxyl groups is 1. The number of nitrogens with zero attached hydrogens (tertiary/aromatic N) is 1. The number of thiazole rings is 1. The molecule has 0 saturated heterocycles. The predicted octanol–water partition coefficient (Wildman–Crippen LogP) is 3.47. The highest BCUT2D eigenvalue weighted by molar-refractivity contribution is 7.10. The molecular weight excluding hydrogens is 282 g/mol. The maximum atomic E-state index is 11.6. The van der Waals surface area contributed by atoms with Gasteiger partial charge in [0.1, 0.15) is 0 Å². The molecule has 1 aromatic heterocycles. The SMILES string of the molecule is O=c1ccccc(-c2csc(Cc3ccccc3)n2)c1O. The van der Waals surface area contributed by atoms with Crippen molar-refractivity contribution in [1.82, 2.24) is 4.98 Å². The Balaban J connectivity index is 1.95. The largest absolute Gasteiger partial charge is 0.504 e. The summed E-state index contributed by atoms with van der Waals surface area (Å²) in [6.07, 6.45) is 0.745. The Morgan fingerprint density at radius 1 is 1.00 bits per heavy atom. The molecule has 4 heteroatoms. The number of hydrogen-bond acceptors (Lipinski definition) is 4. The molecule has 0 bridgehead atoms. The number of hydrogen-bond donors (Lipinski definition) is 1. The van der Waals surface area contributed by atoms with Crippen LogP contribution in [0.3, 0.4) is 0 Å². The molecule has 104 valence electrons. The van der Waals surface area contributed by atoms with E-state index in [2.05, 4.69) is 17.1 Å². The molecule has 0 spiro atoms. The average Bonchev–Trinajstić information content (AvgIpc) is 2.88. The Morgan fingerprint density at radius 3 is 2.52 bits per heavy atom. The topological polar surface area (TPSA) is 50.2 Å². The molecule has 0 aliphatic rings. The van der Waals surface area contributed by atoms with E-state index in [-0.39, 0.29) is 5.75 Å². The Morgan fingerprint density at radius 2 is 1.71 bits per heavy atom. The average molecular weight is 295 g/mol. The van der Waals surface area contributed by atoms with E-state index in [4.69, 9.17) is 0 Å². The molecule has 0 fully saturated rings. The van der Waals surface area contributed by atoms with Crippen molar-refractivity contribution < 1.29 is 5.11 Å². The molecule has 0 aliphatic heterocycles. The van der Waals surface area contributed by atoms with Crippen molar-refractivity contribution in [2.75, 3.05) is 0 Å². The molecule has 2 aromatic carbocycles. The van der Waals surface area contributed by atoms with Crippen LogP contribution in [0.5, 0.6) is 5.75 Å². The highest BCUT2D eigenvalue weighted by atomic mass is 32.1. The van der Waals surface area contributed by atoms with E-state index >= 15 is 0 Å². The minimum absolute atomic E-state index is 0.253. The fourth-order valence-corrected chi connectivity index (χ4v) is 2.91. The summed E-state index contributed by atoms with van der Waals surface area (Å²) in [5.41, 5.74) is 1.90. The molecule has 3 rings (SSSR count). The zero-order chi connectivity index (χ0) is 14.7. The molecule has 3 aromatic rings. The van der Waals surface area contributed by atoms with Crippen LogP contribution in [0.2, 0.25) is 0 Å². The van der Waals surface area contributed by atoms with Crippen molar-refractivity contribution in [3.05, 3.63) is 80.8 Å². The van der Waals surface area contributed by atoms with Crippen molar-refractivity contribution >= 4 is 11.3 Å². The summed E-state index contributed by atoms with van der Waals surface area (Å²) in [5.74, 6) is -0.253. The second kappa shape index (κ2) is 5.89. The normalized spacial score (nSPS) is 10.5. The molecule has 0 unspecified atom stereocenters. The zero-order valence-electron chi connectivity index (χ0n) is 11.2. The van der Waals surface area contributed by atoms with E-state index in [9.17, 15) is 9.90 Å². The quantitative estimate of drug-likeness (QED) is 0.805. The Labute approximate surface area is 126 Å². The van der Waals surface area contributed by atoms with Crippen LogP contribution in [0.4, 0.5) is 0 Å². The van der Waals surface area contributed by atoms with Gasteiger partial charge in [-0.15, -0.1) is 11.3 Å². The molecule has 1 N–H and O–H groups in total. The highest BCUT2D eigenvalue weighted by Crippen LogP contribution is 2.27. The molecule has 3 nitrogen and oxygen atoms in total. The van der Waals surface area contributed by atoms with Crippen LogP contribution in [-0.2, 0) is 6.42 Å². The van der Waals surface area contributed by atoms with Crippen LogP contribution in [0, 0.1) is 0 Å². The molecule has 0 aliphatic carbocycles. The van der Waals surface area contributed by atoms with Crippen molar-refractivity contribution in [3.63, 3.8) is 0 Å². The van der Waals surface area contributed by atoms with Crippen LogP contribution in [0.1, 0.15) is 10.6 Å². The van der Waals surface area contributed by atoms with E-state index < -0.39 is 5.43 Å². The molecule has 0 amide bonds. The summed E-state index contributed by atoms with van der Waals surface area (Å²) in [4.78, 5) is 16.2. The van der Waals surface area contributed by atoms with Crippen molar-refractivity contribution in [1.29, 1.82) is 0 Å². The first-order valence-electron chi connectivity index (χ1n) is 6.55. The van der Waals surface area contributed by atoms with Crippen LogP contribution in [0.15, 0.2) is 64.8 Å². The molecule has 0 atom stereocenters. The van der Waals surface area contributed by atoms with E-state index in [1.54, 1.807) is 18.2 Å². The fraction of sp³-hybridized carbons (Fsp3) is 0.0588. The van der Waals surface area contributed by atoms with Gasteiger partial charge in [0.2, 0.25) is 5.43 Å². The predicted molar refractivity (Wildman–Crippen MR) is 84.7 cm³/mol. The third-order valence-electron chi connectivity index (χ3n) is 3.14. The first-order chi connectivity index (χ1) is 10.2. The second-order valence-electron chi connectivity index (χ2n) is 4.63. The minimum atomic E-state index is -0.396. The summed E-state index contributed by atoms with van der Waals surface area (Å²) in [7, 11) is 0. The van der Waals surface area contributed by atoms with Crippen LogP contribution in [-0.4, -0.2) is 10.1 Å². The van der Waals surface area contributed by atoms with Crippen LogP contribution < -0.4 is 5.43 Å². The van der Waals surface area contributed by atoms with Gasteiger partial charge in [-0.1, -0.05) is 42.5 Å². The lowest BCUT2D eigenvalue weighted by atomic mass is 10.1. The van der Waals surface area contributed by atoms with Gasteiger partial charge in [-0.25, -0.2) is 4.98 Å². The highest BCUT2D eigenvalue weighted by Gasteiger charge is 2.10. The maximum Gasteiger partial charge on any atom is 0.220 e. The lowest BCUT2D eigenvalue weighted by Crippen LogP contribution is -1.94.